The fourth-order valence-electron chi connectivity index (χ4n) is 4.12. The third-order valence-corrected chi connectivity index (χ3v) is 6.18. The Morgan fingerprint density at radius 2 is 2.00 bits per heavy atom. The number of carbonyl (C=O) groups is 1. The molecule has 0 aromatic heterocycles. The lowest BCUT2D eigenvalue weighted by Gasteiger charge is -2.49. The number of amides is 1. The number of hydrogen-bond acceptors (Lipinski definition) is 3. The van der Waals surface area contributed by atoms with Crippen molar-refractivity contribution in [3.63, 3.8) is 0 Å². The van der Waals surface area contributed by atoms with E-state index in [1.165, 1.54) is 0 Å². The topological polar surface area (TPSA) is 55.6 Å². The number of benzene rings is 1. The van der Waals surface area contributed by atoms with E-state index in [9.17, 15) is 4.79 Å². The largest absolute Gasteiger partial charge is 0.496 e. The van der Waals surface area contributed by atoms with E-state index in [0.29, 0.717) is 0 Å². The normalized spacial score (nSPS) is 24.0. The second-order valence-corrected chi connectivity index (χ2v) is 8.23. The predicted molar refractivity (Wildman–Crippen MR) is 103 cm³/mol. The monoisotopic (exact) mass is 366 g/mol. The standard InChI is InChI=1S/C20H30N2O2.ClH/c1-14-6-7-15(12-16(14)24-4)20(9-5-10-20)18(23)22-11-8-17(21)19(2,3)13-22;/h6-7,12,17H,5,8-11,13,21H2,1-4H3;1H. The zero-order valence-electron chi connectivity index (χ0n) is 15.8. The van der Waals surface area contributed by atoms with Crippen LogP contribution in [0.4, 0.5) is 0 Å². The number of ether oxygens (including phenoxy) is 1. The van der Waals surface area contributed by atoms with E-state index >= 15 is 0 Å². The summed E-state index contributed by atoms with van der Waals surface area (Å²) in [4.78, 5) is 15.5. The van der Waals surface area contributed by atoms with Gasteiger partial charge in [-0.05, 0) is 48.8 Å². The van der Waals surface area contributed by atoms with Crippen LogP contribution in [0.3, 0.4) is 0 Å². The maximum atomic E-state index is 13.4. The molecule has 1 aromatic carbocycles. The van der Waals surface area contributed by atoms with Crippen LogP contribution in [-0.4, -0.2) is 37.0 Å². The van der Waals surface area contributed by atoms with E-state index in [-0.39, 0.29) is 35.2 Å². The SMILES string of the molecule is COc1cc(C2(C(=O)N3CCC(N)C(C)(C)C3)CCC2)ccc1C.Cl. The average Bonchev–Trinajstić information content (AvgIpc) is 2.50. The smallest absolute Gasteiger partial charge is 0.233 e. The van der Waals surface area contributed by atoms with Crippen LogP contribution in [0.25, 0.3) is 0 Å². The molecular formula is C20H31ClN2O2. The van der Waals surface area contributed by atoms with Crippen molar-refractivity contribution < 1.29 is 9.53 Å². The molecule has 4 nitrogen and oxygen atoms in total. The molecule has 0 bridgehead atoms. The Bertz CT molecular complexity index is 641. The van der Waals surface area contributed by atoms with Crippen LogP contribution in [-0.2, 0) is 10.2 Å². The molecule has 0 radical (unpaired) electrons. The van der Waals surface area contributed by atoms with Crippen molar-refractivity contribution in [2.45, 2.75) is 57.9 Å². The molecule has 2 aliphatic rings. The Balaban J connectivity index is 0.00000225. The minimum absolute atomic E-state index is 0. The van der Waals surface area contributed by atoms with Gasteiger partial charge < -0.3 is 15.4 Å². The number of aryl methyl sites for hydroxylation is 1. The summed E-state index contributed by atoms with van der Waals surface area (Å²) in [6.45, 7) is 7.89. The van der Waals surface area contributed by atoms with Crippen LogP contribution in [0.5, 0.6) is 5.75 Å². The Kier molecular flexibility index (Phi) is 5.75. The van der Waals surface area contributed by atoms with Crippen molar-refractivity contribution in [1.29, 1.82) is 0 Å². The van der Waals surface area contributed by atoms with Crippen molar-refractivity contribution in [3.8, 4) is 5.75 Å². The fourth-order valence-corrected chi connectivity index (χ4v) is 4.12. The first-order valence-corrected chi connectivity index (χ1v) is 9.00. The van der Waals surface area contributed by atoms with Gasteiger partial charge in [0.1, 0.15) is 5.75 Å². The molecule has 3 rings (SSSR count). The van der Waals surface area contributed by atoms with Gasteiger partial charge in [-0.15, -0.1) is 12.4 Å². The van der Waals surface area contributed by atoms with Gasteiger partial charge in [-0.1, -0.05) is 32.4 Å². The number of carbonyl (C=O) groups excluding carboxylic acids is 1. The van der Waals surface area contributed by atoms with Crippen molar-refractivity contribution in [1.82, 2.24) is 4.90 Å². The lowest BCUT2D eigenvalue weighted by atomic mass is 9.63. The minimum atomic E-state index is -0.363. The third-order valence-electron chi connectivity index (χ3n) is 6.18. The molecule has 140 valence electrons. The molecule has 1 saturated heterocycles. The zero-order chi connectivity index (χ0) is 17.5. The quantitative estimate of drug-likeness (QED) is 0.891. The molecule has 1 amide bonds. The molecule has 1 unspecified atom stereocenters. The first-order valence-electron chi connectivity index (χ1n) is 9.00. The van der Waals surface area contributed by atoms with Gasteiger partial charge in [0.15, 0.2) is 0 Å². The van der Waals surface area contributed by atoms with E-state index in [2.05, 4.69) is 36.9 Å². The van der Waals surface area contributed by atoms with Crippen molar-refractivity contribution in [2.24, 2.45) is 11.1 Å². The Labute approximate surface area is 157 Å². The van der Waals surface area contributed by atoms with Gasteiger partial charge >= 0.3 is 0 Å². The van der Waals surface area contributed by atoms with Gasteiger partial charge in [0.05, 0.1) is 12.5 Å². The number of rotatable bonds is 3. The number of nitrogens with zero attached hydrogens (tertiary/aromatic N) is 1. The highest BCUT2D eigenvalue weighted by Crippen LogP contribution is 2.47. The molecular weight excluding hydrogens is 336 g/mol. The van der Waals surface area contributed by atoms with Gasteiger partial charge in [-0.25, -0.2) is 0 Å². The fraction of sp³-hybridized carbons (Fsp3) is 0.650. The average molecular weight is 367 g/mol. The van der Waals surface area contributed by atoms with Gasteiger partial charge in [0.2, 0.25) is 5.91 Å². The zero-order valence-corrected chi connectivity index (χ0v) is 16.6. The summed E-state index contributed by atoms with van der Waals surface area (Å²) in [7, 11) is 1.69. The summed E-state index contributed by atoms with van der Waals surface area (Å²) < 4.78 is 5.48. The van der Waals surface area contributed by atoms with E-state index in [1.807, 2.05) is 6.92 Å². The van der Waals surface area contributed by atoms with E-state index in [1.54, 1.807) is 7.11 Å². The minimum Gasteiger partial charge on any atom is -0.496 e. The Morgan fingerprint density at radius 3 is 2.52 bits per heavy atom. The molecule has 1 atom stereocenters. The van der Waals surface area contributed by atoms with E-state index in [0.717, 1.165) is 55.6 Å². The highest BCUT2D eigenvalue weighted by molar-refractivity contribution is 5.89. The van der Waals surface area contributed by atoms with Crippen molar-refractivity contribution in [2.75, 3.05) is 20.2 Å². The molecule has 0 spiro atoms. The lowest BCUT2D eigenvalue weighted by Crippen LogP contribution is -2.59. The van der Waals surface area contributed by atoms with E-state index < -0.39 is 0 Å². The molecule has 2 N–H and O–H groups in total. The van der Waals surface area contributed by atoms with Gasteiger partial charge in [-0.2, -0.15) is 0 Å². The number of halogens is 1. The summed E-state index contributed by atoms with van der Waals surface area (Å²) in [6, 6.07) is 6.40. The first kappa shape index (κ1) is 20.1. The van der Waals surface area contributed by atoms with Crippen LogP contribution in [0.15, 0.2) is 18.2 Å². The number of likely N-dealkylation sites (tertiary alicyclic amines) is 1. The van der Waals surface area contributed by atoms with Crippen LogP contribution in [0, 0.1) is 12.3 Å². The summed E-state index contributed by atoms with van der Waals surface area (Å²) in [6.07, 6.45) is 3.85. The third kappa shape index (κ3) is 3.39. The van der Waals surface area contributed by atoms with E-state index in [4.69, 9.17) is 10.5 Å². The van der Waals surface area contributed by atoms with Crippen molar-refractivity contribution in [3.05, 3.63) is 29.3 Å². The summed E-state index contributed by atoms with van der Waals surface area (Å²) in [5, 5.41) is 0. The number of nitrogens with two attached hydrogens (primary N) is 1. The number of hydrogen-bond donors (Lipinski definition) is 1. The molecule has 25 heavy (non-hydrogen) atoms. The molecule has 5 heteroatoms. The maximum absolute atomic E-state index is 13.4. The number of piperidine rings is 1. The van der Waals surface area contributed by atoms with Crippen LogP contribution in [0.1, 0.15) is 50.7 Å². The van der Waals surface area contributed by atoms with Crippen LogP contribution < -0.4 is 10.5 Å². The Morgan fingerprint density at radius 1 is 1.32 bits per heavy atom. The molecule has 1 saturated carbocycles. The molecule has 2 fully saturated rings. The predicted octanol–water partition coefficient (Wildman–Crippen LogP) is 3.43. The highest BCUT2D eigenvalue weighted by atomic mass is 35.5. The Hall–Kier alpha value is -1.26. The summed E-state index contributed by atoms with van der Waals surface area (Å²) >= 11 is 0. The second kappa shape index (κ2) is 7.16. The van der Waals surface area contributed by atoms with Gasteiger partial charge in [0, 0.05) is 19.1 Å². The second-order valence-electron chi connectivity index (χ2n) is 8.23. The van der Waals surface area contributed by atoms with Gasteiger partial charge in [-0.3, -0.25) is 4.79 Å². The van der Waals surface area contributed by atoms with Crippen LogP contribution in [0.2, 0.25) is 0 Å². The molecule has 1 aromatic rings. The summed E-state index contributed by atoms with van der Waals surface area (Å²) in [5.41, 5.74) is 8.07. The molecule has 1 aliphatic heterocycles. The lowest BCUT2D eigenvalue weighted by molar-refractivity contribution is -0.144. The van der Waals surface area contributed by atoms with Gasteiger partial charge in [0.25, 0.3) is 0 Å². The molecule has 1 aliphatic carbocycles. The summed E-state index contributed by atoms with van der Waals surface area (Å²) in [5.74, 6) is 1.15. The molecule has 1 heterocycles. The maximum Gasteiger partial charge on any atom is 0.233 e. The number of methoxy groups -OCH3 is 1. The highest BCUT2D eigenvalue weighted by Gasteiger charge is 2.49. The van der Waals surface area contributed by atoms with Crippen LogP contribution >= 0.6 is 12.4 Å². The first-order chi connectivity index (χ1) is 11.3. The van der Waals surface area contributed by atoms with Crippen molar-refractivity contribution >= 4 is 18.3 Å².